The normalized spacial score (nSPS) is 25.4. The number of nitrogens with one attached hydrogen (secondary N) is 3. The molecule has 1 aromatic carbocycles. The molecule has 0 spiro atoms. The van der Waals surface area contributed by atoms with Crippen LogP contribution in [0.3, 0.4) is 0 Å². The summed E-state index contributed by atoms with van der Waals surface area (Å²) in [6.07, 6.45) is 8.93. The Bertz CT molecular complexity index is 1240. The summed E-state index contributed by atoms with van der Waals surface area (Å²) in [7, 11) is 0. The van der Waals surface area contributed by atoms with E-state index in [4.69, 9.17) is 9.52 Å². The predicted molar refractivity (Wildman–Crippen MR) is 155 cm³/mol. The number of Topliss-reactive ketones (excluding diaryl/α,β-unsaturated/α-hetero) is 1. The molecule has 6 rings (SSSR count). The van der Waals surface area contributed by atoms with Crippen molar-refractivity contribution < 1.29 is 28.7 Å². The molecule has 2 unspecified atom stereocenters. The Morgan fingerprint density at radius 2 is 1.60 bits per heavy atom. The van der Waals surface area contributed by atoms with E-state index in [9.17, 15) is 19.2 Å². The van der Waals surface area contributed by atoms with Crippen LogP contribution in [0.4, 0.5) is 4.79 Å². The Hall–Kier alpha value is -3.69. The fourth-order valence-electron chi connectivity index (χ4n) is 7.91. The van der Waals surface area contributed by atoms with Gasteiger partial charge in [0.2, 0.25) is 11.7 Å². The number of carbonyl (C=O) groups excluding carboxylic acids is 3. The predicted octanol–water partition coefficient (Wildman–Crippen LogP) is 4.78. The Kier molecular flexibility index (Phi) is 9.28. The van der Waals surface area contributed by atoms with E-state index >= 15 is 0 Å². The van der Waals surface area contributed by atoms with Crippen molar-refractivity contribution in [3.05, 3.63) is 53.7 Å². The molecule has 0 aliphatic heterocycles. The number of carbonyl (C=O) groups is 4. The molecule has 1 aromatic heterocycles. The molecule has 4 aliphatic rings. The summed E-state index contributed by atoms with van der Waals surface area (Å²) in [5, 5.41) is 17.0. The van der Waals surface area contributed by atoms with Gasteiger partial charge in [0.05, 0.1) is 5.92 Å². The van der Waals surface area contributed by atoms with E-state index in [0.29, 0.717) is 19.4 Å². The average molecular weight is 579 g/mol. The van der Waals surface area contributed by atoms with Crippen molar-refractivity contribution in [2.45, 2.75) is 70.6 Å². The van der Waals surface area contributed by atoms with E-state index < -0.39 is 12.0 Å². The largest absolute Gasteiger partial charge is 0.465 e. The van der Waals surface area contributed by atoms with Crippen molar-refractivity contribution in [2.75, 3.05) is 19.6 Å². The van der Waals surface area contributed by atoms with Crippen LogP contribution in [0.1, 0.15) is 97.4 Å². The van der Waals surface area contributed by atoms with Crippen LogP contribution in [-0.4, -0.2) is 53.4 Å². The summed E-state index contributed by atoms with van der Waals surface area (Å²) < 4.78 is 5.52. The zero-order chi connectivity index (χ0) is 29.7. The van der Waals surface area contributed by atoms with Gasteiger partial charge in [-0.25, -0.2) is 9.78 Å². The van der Waals surface area contributed by atoms with Crippen LogP contribution in [0.2, 0.25) is 0 Å². The van der Waals surface area contributed by atoms with Gasteiger partial charge in [0, 0.05) is 26.1 Å². The molecule has 4 saturated carbocycles. The lowest BCUT2D eigenvalue weighted by Crippen LogP contribution is -2.51. The summed E-state index contributed by atoms with van der Waals surface area (Å²) in [6.45, 7) is 3.08. The smallest absolute Gasteiger partial charge is 0.404 e. The zero-order valence-electron chi connectivity index (χ0n) is 24.3. The first-order valence-corrected chi connectivity index (χ1v) is 15.3. The van der Waals surface area contributed by atoms with E-state index in [2.05, 4.69) is 20.9 Å². The Labute approximate surface area is 246 Å². The number of benzene rings is 1. The maximum Gasteiger partial charge on any atom is 0.404 e. The van der Waals surface area contributed by atoms with Gasteiger partial charge in [0.15, 0.2) is 5.69 Å². The van der Waals surface area contributed by atoms with Gasteiger partial charge in [-0.2, -0.15) is 0 Å². The van der Waals surface area contributed by atoms with Crippen LogP contribution < -0.4 is 16.0 Å². The van der Waals surface area contributed by atoms with Gasteiger partial charge in [-0.3, -0.25) is 14.4 Å². The molecule has 4 bridgehead atoms. The standard InChI is InChI=1S/C32H42N4O6/c1-20(7-9-34-31(40)41)11-27(37)33-10-8-25(24-5-3-2-4-6-24)28(38)30-36-26(18-42-30)29(39)35-19-32-15-21-12-22(16-32)14-23(13-21)17-32/h2-6,18,20-23,25,34H,7-17,19H2,1H3,(H,33,37)(H,35,39)(H,40,41). The highest BCUT2D eigenvalue weighted by atomic mass is 16.4. The summed E-state index contributed by atoms with van der Waals surface area (Å²) in [5.41, 5.74) is 1.08. The summed E-state index contributed by atoms with van der Waals surface area (Å²) in [6, 6.07) is 9.26. The van der Waals surface area contributed by atoms with E-state index in [1.165, 1.54) is 44.8 Å². The monoisotopic (exact) mass is 578 g/mol. The molecule has 4 N–H and O–H groups in total. The van der Waals surface area contributed by atoms with Crippen molar-refractivity contribution >= 4 is 23.7 Å². The Morgan fingerprint density at radius 3 is 2.24 bits per heavy atom. The number of carboxylic acid groups (broad SMARTS) is 1. The quantitative estimate of drug-likeness (QED) is 0.236. The van der Waals surface area contributed by atoms with Gasteiger partial charge in [0.25, 0.3) is 11.8 Å². The number of rotatable bonds is 14. The third-order valence-corrected chi connectivity index (χ3v) is 9.46. The Balaban J connectivity index is 1.15. The van der Waals surface area contributed by atoms with Crippen molar-refractivity contribution in [3.8, 4) is 0 Å². The minimum Gasteiger partial charge on any atom is -0.465 e. The maximum absolute atomic E-state index is 13.5. The summed E-state index contributed by atoms with van der Waals surface area (Å²) in [5.74, 6) is 0.860. The van der Waals surface area contributed by atoms with Crippen molar-refractivity contribution in [2.24, 2.45) is 29.1 Å². The van der Waals surface area contributed by atoms with Gasteiger partial charge in [0.1, 0.15) is 6.26 Å². The molecule has 2 atom stereocenters. The second-order valence-corrected chi connectivity index (χ2v) is 12.9. The lowest BCUT2D eigenvalue weighted by molar-refractivity contribution is -0.121. The van der Waals surface area contributed by atoms with Gasteiger partial charge in [-0.05, 0) is 86.0 Å². The highest BCUT2D eigenvalue weighted by molar-refractivity contribution is 5.99. The van der Waals surface area contributed by atoms with Gasteiger partial charge < -0.3 is 25.5 Å². The number of nitrogens with zero attached hydrogens (tertiary/aromatic N) is 1. The lowest BCUT2D eigenvalue weighted by atomic mass is 9.49. The third-order valence-electron chi connectivity index (χ3n) is 9.46. The van der Waals surface area contributed by atoms with Crippen LogP contribution in [-0.2, 0) is 4.79 Å². The van der Waals surface area contributed by atoms with Crippen LogP contribution in [0.5, 0.6) is 0 Å². The van der Waals surface area contributed by atoms with E-state index in [-0.39, 0.29) is 60.0 Å². The van der Waals surface area contributed by atoms with Crippen LogP contribution >= 0.6 is 0 Å². The van der Waals surface area contributed by atoms with Gasteiger partial charge in [-0.15, -0.1) is 0 Å². The second kappa shape index (κ2) is 13.1. The van der Waals surface area contributed by atoms with Crippen molar-refractivity contribution in [1.29, 1.82) is 0 Å². The highest BCUT2D eigenvalue weighted by Crippen LogP contribution is 2.59. The first-order chi connectivity index (χ1) is 20.2. The van der Waals surface area contributed by atoms with Gasteiger partial charge >= 0.3 is 6.09 Å². The second-order valence-electron chi connectivity index (χ2n) is 12.9. The number of hydrogen-bond acceptors (Lipinski definition) is 6. The van der Waals surface area contributed by atoms with Gasteiger partial charge in [-0.1, -0.05) is 37.3 Å². The molecule has 4 aliphatic carbocycles. The molecule has 1 heterocycles. The number of aromatic nitrogens is 1. The number of ketones is 1. The molecule has 3 amide bonds. The maximum atomic E-state index is 13.5. The van der Waals surface area contributed by atoms with Crippen molar-refractivity contribution in [3.63, 3.8) is 0 Å². The van der Waals surface area contributed by atoms with Crippen LogP contribution in [0.15, 0.2) is 41.0 Å². The molecule has 42 heavy (non-hydrogen) atoms. The molecular formula is C32H42N4O6. The molecule has 10 heteroatoms. The molecule has 4 fully saturated rings. The first kappa shape index (κ1) is 29.8. The minimum atomic E-state index is -1.08. The molecule has 0 saturated heterocycles. The SMILES string of the molecule is CC(CCNC(=O)O)CC(=O)NCCC(C(=O)c1nc(C(=O)NCC23CC4CC(CC(C4)C2)C3)co1)c1ccccc1. The average Bonchev–Trinajstić information content (AvgIpc) is 3.44. The number of oxazole rings is 1. The first-order valence-electron chi connectivity index (χ1n) is 15.3. The molecule has 2 aromatic rings. The van der Waals surface area contributed by atoms with Crippen LogP contribution in [0.25, 0.3) is 0 Å². The zero-order valence-corrected chi connectivity index (χ0v) is 24.3. The lowest BCUT2D eigenvalue weighted by Gasteiger charge is -2.56. The number of amides is 3. The third kappa shape index (κ3) is 7.38. The number of hydrogen-bond donors (Lipinski definition) is 4. The fourth-order valence-corrected chi connectivity index (χ4v) is 7.91. The molecule has 0 radical (unpaired) electrons. The Morgan fingerprint density at radius 1 is 0.952 bits per heavy atom. The molecule has 10 nitrogen and oxygen atoms in total. The van der Waals surface area contributed by atoms with E-state index in [1.807, 2.05) is 37.3 Å². The topological polar surface area (TPSA) is 151 Å². The van der Waals surface area contributed by atoms with E-state index in [0.717, 1.165) is 23.3 Å². The molecule has 226 valence electrons. The van der Waals surface area contributed by atoms with E-state index in [1.54, 1.807) is 0 Å². The summed E-state index contributed by atoms with van der Waals surface area (Å²) in [4.78, 5) is 53.9. The van der Waals surface area contributed by atoms with Crippen molar-refractivity contribution in [1.82, 2.24) is 20.9 Å². The fraction of sp³-hybridized carbons (Fsp3) is 0.594. The summed E-state index contributed by atoms with van der Waals surface area (Å²) >= 11 is 0. The highest BCUT2D eigenvalue weighted by Gasteiger charge is 2.50. The molecular weight excluding hydrogens is 536 g/mol. The minimum absolute atomic E-state index is 0.00299. The van der Waals surface area contributed by atoms with Crippen LogP contribution in [0, 0.1) is 29.1 Å².